The highest BCUT2D eigenvalue weighted by atomic mass is 16.5. The van der Waals surface area contributed by atoms with Gasteiger partial charge >= 0.3 is 0 Å². The molecule has 0 aromatic heterocycles. The van der Waals surface area contributed by atoms with Gasteiger partial charge in [-0.2, -0.15) is 0 Å². The Morgan fingerprint density at radius 3 is 2.27 bits per heavy atom. The van der Waals surface area contributed by atoms with E-state index in [1.807, 2.05) is 6.92 Å². The summed E-state index contributed by atoms with van der Waals surface area (Å²) in [5.74, 6) is 0.882. The molecule has 2 aliphatic rings. The van der Waals surface area contributed by atoms with Gasteiger partial charge in [0, 0.05) is 12.5 Å². The van der Waals surface area contributed by atoms with Gasteiger partial charge in [0.05, 0.1) is 12.2 Å². The lowest BCUT2D eigenvalue weighted by Crippen LogP contribution is -2.46. The second kappa shape index (κ2) is 4.84. The van der Waals surface area contributed by atoms with Crippen LogP contribution in [0.1, 0.15) is 51.9 Å². The quantitative estimate of drug-likeness (QED) is 0.762. The highest BCUT2D eigenvalue weighted by Crippen LogP contribution is 2.39. The fourth-order valence-electron chi connectivity index (χ4n) is 3.22. The molecule has 2 atom stereocenters. The zero-order valence-corrected chi connectivity index (χ0v) is 9.87. The summed E-state index contributed by atoms with van der Waals surface area (Å²) < 4.78 is 5.50. The monoisotopic (exact) mass is 212 g/mol. The summed E-state index contributed by atoms with van der Waals surface area (Å²) in [6.07, 6.45) is 8.64. The molecule has 1 saturated carbocycles. The van der Waals surface area contributed by atoms with Gasteiger partial charge in [-0.1, -0.05) is 19.3 Å². The maximum absolute atomic E-state index is 10.7. The second-order valence-corrected chi connectivity index (χ2v) is 5.47. The van der Waals surface area contributed by atoms with Gasteiger partial charge in [0.25, 0.3) is 0 Å². The summed E-state index contributed by atoms with van der Waals surface area (Å²) in [4.78, 5) is 0. The minimum Gasteiger partial charge on any atom is -0.390 e. The van der Waals surface area contributed by atoms with Gasteiger partial charge in [-0.05, 0) is 38.5 Å². The molecule has 0 bridgehead atoms. The molecule has 2 rings (SSSR count). The first kappa shape index (κ1) is 11.4. The molecule has 0 spiro atoms. The van der Waals surface area contributed by atoms with Gasteiger partial charge in [-0.15, -0.1) is 0 Å². The molecule has 2 heteroatoms. The Bertz CT molecular complexity index is 169. The third-order valence-electron chi connectivity index (χ3n) is 4.42. The first-order chi connectivity index (χ1) is 7.21. The Hall–Kier alpha value is -0.0800. The van der Waals surface area contributed by atoms with Gasteiger partial charge < -0.3 is 9.84 Å². The zero-order valence-electron chi connectivity index (χ0n) is 9.87. The van der Waals surface area contributed by atoms with Crippen molar-refractivity contribution in [1.29, 1.82) is 0 Å². The van der Waals surface area contributed by atoms with Crippen LogP contribution in [0.4, 0.5) is 0 Å². The molecule has 2 unspecified atom stereocenters. The molecule has 1 heterocycles. The Balaban J connectivity index is 1.96. The molecular weight excluding hydrogens is 188 g/mol. The normalized spacial score (nSPS) is 33.6. The maximum Gasteiger partial charge on any atom is 0.0697 e. The van der Waals surface area contributed by atoms with Crippen molar-refractivity contribution in [2.45, 2.75) is 57.5 Å². The third kappa shape index (κ3) is 2.54. The van der Waals surface area contributed by atoms with Crippen molar-refractivity contribution in [1.82, 2.24) is 0 Å². The maximum atomic E-state index is 10.7. The fourth-order valence-corrected chi connectivity index (χ4v) is 3.22. The van der Waals surface area contributed by atoms with Crippen molar-refractivity contribution >= 4 is 0 Å². The van der Waals surface area contributed by atoms with E-state index in [1.54, 1.807) is 0 Å². The van der Waals surface area contributed by atoms with Gasteiger partial charge in [-0.25, -0.2) is 0 Å². The Morgan fingerprint density at radius 1 is 1.00 bits per heavy atom. The van der Waals surface area contributed by atoms with Crippen LogP contribution in [0.5, 0.6) is 0 Å². The van der Waals surface area contributed by atoms with E-state index in [0.717, 1.165) is 26.1 Å². The summed E-state index contributed by atoms with van der Waals surface area (Å²) in [6.45, 7) is 3.70. The van der Waals surface area contributed by atoms with Crippen molar-refractivity contribution in [3.05, 3.63) is 0 Å². The molecule has 2 nitrogen and oxygen atoms in total. The standard InChI is InChI=1S/C13H24O2/c1-13(14,11-6-3-2-4-7-11)12-8-5-9-15-10-12/h11-12,14H,2-10H2,1H3. The molecule has 0 radical (unpaired) electrons. The van der Waals surface area contributed by atoms with E-state index in [-0.39, 0.29) is 0 Å². The summed E-state index contributed by atoms with van der Waals surface area (Å²) in [7, 11) is 0. The Labute approximate surface area is 93.0 Å². The number of hydrogen-bond acceptors (Lipinski definition) is 2. The lowest BCUT2D eigenvalue weighted by Gasteiger charge is -2.42. The van der Waals surface area contributed by atoms with Crippen molar-refractivity contribution in [3.8, 4) is 0 Å². The first-order valence-corrected chi connectivity index (χ1v) is 6.51. The molecule has 0 aromatic carbocycles. The van der Waals surface area contributed by atoms with E-state index >= 15 is 0 Å². The lowest BCUT2D eigenvalue weighted by atomic mass is 9.70. The number of aliphatic hydroxyl groups is 1. The van der Waals surface area contributed by atoms with E-state index in [4.69, 9.17) is 4.74 Å². The molecule has 2 fully saturated rings. The molecule has 1 aliphatic carbocycles. The topological polar surface area (TPSA) is 29.5 Å². The summed E-state index contributed by atoms with van der Waals surface area (Å²) in [6, 6.07) is 0. The Morgan fingerprint density at radius 2 is 1.67 bits per heavy atom. The average molecular weight is 212 g/mol. The van der Waals surface area contributed by atoms with Crippen LogP contribution >= 0.6 is 0 Å². The van der Waals surface area contributed by atoms with Crippen LogP contribution in [0, 0.1) is 11.8 Å². The smallest absolute Gasteiger partial charge is 0.0697 e. The van der Waals surface area contributed by atoms with Crippen LogP contribution in [0.3, 0.4) is 0 Å². The first-order valence-electron chi connectivity index (χ1n) is 6.51. The molecular formula is C13H24O2. The van der Waals surface area contributed by atoms with E-state index < -0.39 is 5.60 Å². The Kier molecular flexibility index (Phi) is 3.68. The van der Waals surface area contributed by atoms with Crippen molar-refractivity contribution in [3.63, 3.8) is 0 Å². The SMILES string of the molecule is CC(O)(C1CCCCC1)C1CCCOC1. The predicted octanol–water partition coefficient (Wildman–Crippen LogP) is 2.74. The molecule has 0 amide bonds. The van der Waals surface area contributed by atoms with Crippen LogP contribution in [0.15, 0.2) is 0 Å². The van der Waals surface area contributed by atoms with Crippen molar-refractivity contribution in [2.75, 3.05) is 13.2 Å². The third-order valence-corrected chi connectivity index (χ3v) is 4.42. The van der Waals surface area contributed by atoms with E-state index in [1.165, 1.54) is 32.1 Å². The van der Waals surface area contributed by atoms with Gasteiger partial charge in [0.2, 0.25) is 0 Å². The highest BCUT2D eigenvalue weighted by molar-refractivity contribution is 4.91. The van der Waals surface area contributed by atoms with Gasteiger partial charge in [0.1, 0.15) is 0 Å². The molecule has 0 aromatic rings. The van der Waals surface area contributed by atoms with Crippen molar-refractivity contribution < 1.29 is 9.84 Å². The summed E-state index contributed by atoms with van der Waals surface area (Å²) >= 11 is 0. The summed E-state index contributed by atoms with van der Waals surface area (Å²) in [5.41, 5.74) is -0.485. The number of ether oxygens (including phenoxy) is 1. The molecule has 15 heavy (non-hydrogen) atoms. The minimum absolute atomic E-state index is 0.370. The highest BCUT2D eigenvalue weighted by Gasteiger charge is 2.40. The van der Waals surface area contributed by atoms with E-state index in [2.05, 4.69) is 0 Å². The van der Waals surface area contributed by atoms with Crippen LogP contribution in [-0.4, -0.2) is 23.9 Å². The van der Waals surface area contributed by atoms with Crippen LogP contribution in [-0.2, 0) is 4.74 Å². The molecule has 88 valence electrons. The van der Waals surface area contributed by atoms with Gasteiger partial charge in [-0.3, -0.25) is 0 Å². The zero-order chi connectivity index (χ0) is 10.7. The number of rotatable bonds is 2. The molecule has 1 N–H and O–H groups in total. The van der Waals surface area contributed by atoms with Crippen LogP contribution in [0.25, 0.3) is 0 Å². The second-order valence-electron chi connectivity index (χ2n) is 5.47. The number of hydrogen-bond donors (Lipinski definition) is 1. The fraction of sp³-hybridized carbons (Fsp3) is 1.00. The minimum atomic E-state index is -0.485. The largest absolute Gasteiger partial charge is 0.390 e. The van der Waals surface area contributed by atoms with Crippen LogP contribution < -0.4 is 0 Å². The van der Waals surface area contributed by atoms with E-state index in [0.29, 0.717) is 11.8 Å². The van der Waals surface area contributed by atoms with Crippen LogP contribution in [0.2, 0.25) is 0 Å². The predicted molar refractivity (Wildman–Crippen MR) is 60.7 cm³/mol. The summed E-state index contributed by atoms with van der Waals surface area (Å²) in [5, 5.41) is 10.7. The van der Waals surface area contributed by atoms with E-state index in [9.17, 15) is 5.11 Å². The molecule has 1 saturated heterocycles. The van der Waals surface area contributed by atoms with Gasteiger partial charge in [0.15, 0.2) is 0 Å². The molecule has 1 aliphatic heterocycles. The average Bonchev–Trinajstić information content (AvgIpc) is 2.31. The lowest BCUT2D eigenvalue weighted by molar-refractivity contribution is -0.109. The van der Waals surface area contributed by atoms with Crippen molar-refractivity contribution in [2.24, 2.45) is 11.8 Å².